The van der Waals surface area contributed by atoms with Crippen LogP contribution in [0.3, 0.4) is 0 Å². The summed E-state index contributed by atoms with van der Waals surface area (Å²) >= 11 is 7.73. The summed E-state index contributed by atoms with van der Waals surface area (Å²) in [5, 5.41) is 4.94. The van der Waals surface area contributed by atoms with E-state index >= 15 is 0 Å². The molecule has 0 amide bonds. The van der Waals surface area contributed by atoms with E-state index in [-0.39, 0.29) is 0 Å². The number of benzene rings is 2. The summed E-state index contributed by atoms with van der Waals surface area (Å²) in [6.45, 7) is 2.15. The molecule has 0 saturated carbocycles. The Labute approximate surface area is 121 Å². The van der Waals surface area contributed by atoms with E-state index in [2.05, 4.69) is 41.5 Å². The van der Waals surface area contributed by atoms with Gasteiger partial charge in [0.15, 0.2) is 5.13 Å². The van der Waals surface area contributed by atoms with Crippen LogP contribution in [0.1, 0.15) is 12.5 Å². The maximum Gasteiger partial charge on any atom is 0.188 e. The van der Waals surface area contributed by atoms with Gasteiger partial charge in [-0.2, -0.15) is 0 Å². The van der Waals surface area contributed by atoms with Gasteiger partial charge in [-0.1, -0.05) is 48.1 Å². The zero-order valence-corrected chi connectivity index (χ0v) is 12.1. The number of fused-ring (bicyclic) bond motifs is 1. The molecule has 19 heavy (non-hydrogen) atoms. The summed E-state index contributed by atoms with van der Waals surface area (Å²) in [6, 6.07) is 14.2. The van der Waals surface area contributed by atoms with Crippen LogP contribution >= 0.6 is 22.9 Å². The average Bonchev–Trinajstić information content (AvgIpc) is 2.84. The summed E-state index contributed by atoms with van der Waals surface area (Å²) in [7, 11) is 0. The number of aryl methyl sites for hydroxylation is 1. The highest BCUT2D eigenvalue weighted by atomic mass is 35.5. The van der Waals surface area contributed by atoms with E-state index in [0.717, 1.165) is 32.5 Å². The number of anilines is 2. The predicted octanol–water partition coefficient (Wildman–Crippen LogP) is 5.26. The maximum absolute atomic E-state index is 6.16. The lowest BCUT2D eigenvalue weighted by molar-refractivity contribution is 1.14. The molecule has 0 aliphatic heterocycles. The van der Waals surface area contributed by atoms with E-state index in [1.807, 2.05) is 18.2 Å². The van der Waals surface area contributed by atoms with Crippen LogP contribution < -0.4 is 5.32 Å². The molecule has 96 valence electrons. The van der Waals surface area contributed by atoms with E-state index in [1.54, 1.807) is 11.3 Å². The smallest absolute Gasteiger partial charge is 0.188 e. The normalized spacial score (nSPS) is 10.8. The van der Waals surface area contributed by atoms with Crippen LogP contribution in [0.2, 0.25) is 5.02 Å². The van der Waals surface area contributed by atoms with Crippen LogP contribution in [0.5, 0.6) is 0 Å². The van der Waals surface area contributed by atoms with Gasteiger partial charge < -0.3 is 5.32 Å². The molecule has 0 saturated heterocycles. The molecule has 0 aliphatic rings. The SMILES string of the molecule is CCc1ccc(Nc2nc3cccc(Cl)c3s2)cc1. The van der Waals surface area contributed by atoms with Crippen LogP contribution in [0.4, 0.5) is 10.8 Å². The zero-order chi connectivity index (χ0) is 13.2. The van der Waals surface area contributed by atoms with Gasteiger partial charge in [0.25, 0.3) is 0 Å². The fraction of sp³-hybridized carbons (Fsp3) is 0.133. The first-order chi connectivity index (χ1) is 9.26. The maximum atomic E-state index is 6.16. The van der Waals surface area contributed by atoms with Gasteiger partial charge in [-0.3, -0.25) is 0 Å². The number of hydrogen-bond donors (Lipinski definition) is 1. The number of aromatic nitrogens is 1. The first-order valence-corrected chi connectivity index (χ1v) is 7.36. The van der Waals surface area contributed by atoms with Crippen molar-refractivity contribution in [2.45, 2.75) is 13.3 Å². The third-order valence-corrected chi connectivity index (χ3v) is 4.43. The van der Waals surface area contributed by atoms with Gasteiger partial charge in [-0.15, -0.1) is 0 Å². The zero-order valence-electron chi connectivity index (χ0n) is 10.5. The lowest BCUT2D eigenvalue weighted by atomic mass is 10.1. The van der Waals surface area contributed by atoms with Gasteiger partial charge in [0.1, 0.15) is 0 Å². The predicted molar refractivity (Wildman–Crippen MR) is 83.7 cm³/mol. The molecule has 1 N–H and O–H groups in total. The highest BCUT2D eigenvalue weighted by Gasteiger charge is 2.06. The van der Waals surface area contributed by atoms with Crippen LogP contribution in [-0.4, -0.2) is 4.98 Å². The fourth-order valence-electron chi connectivity index (χ4n) is 1.92. The molecule has 0 bridgehead atoms. The molecule has 3 rings (SSSR count). The van der Waals surface area contributed by atoms with Gasteiger partial charge in [0.2, 0.25) is 0 Å². The highest BCUT2D eigenvalue weighted by molar-refractivity contribution is 7.22. The van der Waals surface area contributed by atoms with Crippen LogP contribution in [0.25, 0.3) is 10.2 Å². The van der Waals surface area contributed by atoms with Gasteiger partial charge in [-0.05, 0) is 36.2 Å². The third-order valence-electron chi connectivity index (χ3n) is 2.98. The van der Waals surface area contributed by atoms with E-state index in [1.165, 1.54) is 5.56 Å². The Bertz CT molecular complexity index is 704. The van der Waals surface area contributed by atoms with E-state index < -0.39 is 0 Å². The van der Waals surface area contributed by atoms with Crippen molar-refractivity contribution in [2.75, 3.05) is 5.32 Å². The molecular formula is C15H13ClN2S. The van der Waals surface area contributed by atoms with E-state index in [9.17, 15) is 0 Å². The van der Waals surface area contributed by atoms with Crippen molar-refractivity contribution in [3.05, 3.63) is 53.1 Å². The Morgan fingerprint density at radius 2 is 1.95 bits per heavy atom. The first-order valence-electron chi connectivity index (χ1n) is 6.17. The van der Waals surface area contributed by atoms with Crippen molar-refractivity contribution in [3.63, 3.8) is 0 Å². The molecule has 4 heteroatoms. The molecule has 3 aromatic rings. The summed E-state index contributed by atoms with van der Waals surface area (Å²) in [6.07, 6.45) is 1.05. The van der Waals surface area contributed by atoms with Crippen molar-refractivity contribution in [3.8, 4) is 0 Å². The van der Waals surface area contributed by atoms with E-state index in [0.29, 0.717) is 0 Å². The lowest BCUT2D eigenvalue weighted by Gasteiger charge is -2.03. The Balaban J connectivity index is 1.90. The van der Waals surface area contributed by atoms with Crippen molar-refractivity contribution >= 4 is 44.0 Å². The molecule has 2 aromatic carbocycles. The molecule has 2 nitrogen and oxygen atoms in total. The number of nitrogens with one attached hydrogen (secondary N) is 1. The molecule has 1 aromatic heterocycles. The van der Waals surface area contributed by atoms with Crippen LogP contribution in [0.15, 0.2) is 42.5 Å². The van der Waals surface area contributed by atoms with Crippen molar-refractivity contribution in [1.82, 2.24) is 4.98 Å². The van der Waals surface area contributed by atoms with Crippen molar-refractivity contribution in [2.24, 2.45) is 0 Å². The van der Waals surface area contributed by atoms with E-state index in [4.69, 9.17) is 11.6 Å². The summed E-state index contributed by atoms with van der Waals surface area (Å²) in [5.74, 6) is 0. The molecule has 0 spiro atoms. The minimum absolute atomic E-state index is 0.754. The van der Waals surface area contributed by atoms with Crippen molar-refractivity contribution < 1.29 is 0 Å². The van der Waals surface area contributed by atoms with Crippen molar-refractivity contribution in [1.29, 1.82) is 0 Å². The summed E-state index contributed by atoms with van der Waals surface area (Å²) in [5.41, 5.74) is 3.32. The highest BCUT2D eigenvalue weighted by Crippen LogP contribution is 2.33. The van der Waals surface area contributed by atoms with Crippen LogP contribution in [0, 0.1) is 0 Å². The number of nitrogens with zero attached hydrogens (tertiary/aromatic N) is 1. The second-order valence-corrected chi connectivity index (χ2v) is 5.69. The minimum Gasteiger partial charge on any atom is -0.332 e. The Morgan fingerprint density at radius 1 is 1.16 bits per heavy atom. The van der Waals surface area contributed by atoms with Gasteiger partial charge >= 0.3 is 0 Å². The third kappa shape index (κ3) is 2.57. The molecule has 0 radical (unpaired) electrons. The number of hydrogen-bond acceptors (Lipinski definition) is 3. The van der Waals surface area contributed by atoms with Gasteiger partial charge in [-0.25, -0.2) is 4.98 Å². The summed E-state index contributed by atoms with van der Waals surface area (Å²) < 4.78 is 1.02. The summed E-state index contributed by atoms with van der Waals surface area (Å²) in [4.78, 5) is 4.53. The second kappa shape index (κ2) is 5.19. The molecule has 0 unspecified atom stereocenters. The Kier molecular flexibility index (Phi) is 3.40. The topological polar surface area (TPSA) is 24.9 Å². The molecule has 0 fully saturated rings. The largest absolute Gasteiger partial charge is 0.332 e. The monoisotopic (exact) mass is 288 g/mol. The standard InChI is InChI=1S/C15H13ClN2S/c1-2-10-6-8-11(9-7-10)17-15-18-13-5-3-4-12(16)14(13)19-15/h3-9H,2H2,1H3,(H,17,18). The number of thiazole rings is 1. The molecule has 1 heterocycles. The van der Waals surface area contributed by atoms with Gasteiger partial charge in [0.05, 0.1) is 15.2 Å². The number of rotatable bonds is 3. The molecule has 0 atom stereocenters. The second-order valence-electron chi connectivity index (χ2n) is 4.28. The lowest BCUT2D eigenvalue weighted by Crippen LogP contribution is -1.89. The Morgan fingerprint density at radius 3 is 2.63 bits per heavy atom. The molecular weight excluding hydrogens is 276 g/mol. The minimum atomic E-state index is 0.754. The average molecular weight is 289 g/mol. The van der Waals surface area contributed by atoms with Gasteiger partial charge in [0, 0.05) is 5.69 Å². The number of halogens is 1. The quantitative estimate of drug-likeness (QED) is 0.711. The fourth-order valence-corrected chi connectivity index (χ4v) is 3.09. The molecule has 0 aliphatic carbocycles. The Hall–Kier alpha value is -1.58. The van der Waals surface area contributed by atoms with Crippen LogP contribution in [-0.2, 0) is 6.42 Å². The first kappa shape index (κ1) is 12.5.